The fourth-order valence-electron chi connectivity index (χ4n) is 1.61. The Kier molecular flexibility index (Phi) is 2.29. The summed E-state index contributed by atoms with van der Waals surface area (Å²) in [6.45, 7) is 8.73. The average molecular weight is 202 g/mol. The van der Waals surface area contributed by atoms with Crippen molar-refractivity contribution in [1.82, 2.24) is 9.97 Å². The lowest BCUT2D eigenvalue weighted by Crippen LogP contribution is -2.17. The fraction of sp³-hybridized carbons (Fsp3) is 0.462. The van der Waals surface area contributed by atoms with Gasteiger partial charge in [-0.25, -0.2) is 4.98 Å². The van der Waals surface area contributed by atoms with Gasteiger partial charge in [0.1, 0.15) is 5.82 Å². The van der Waals surface area contributed by atoms with E-state index in [4.69, 9.17) is 0 Å². The molecule has 2 aromatic rings. The molecule has 0 spiro atoms. The Morgan fingerprint density at radius 1 is 1.33 bits per heavy atom. The van der Waals surface area contributed by atoms with Gasteiger partial charge in [0, 0.05) is 5.41 Å². The third-order valence-corrected chi connectivity index (χ3v) is 3.16. The van der Waals surface area contributed by atoms with E-state index in [9.17, 15) is 0 Å². The number of nitrogens with zero attached hydrogens (tertiary/aromatic N) is 1. The molecule has 80 valence electrons. The van der Waals surface area contributed by atoms with Crippen molar-refractivity contribution in [3.8, 4) is 0 Å². The number of rotatable bonds is 2. The summed E-state index contributed by atoms with van der Waals surface area (Å²) in [4.78, 5) is 8.06. The summed E-state index contributed by atoms with van der Waals surface area (Å²) in [7, 11) is 0. The zero-order valence-corrected chi connectivity index (χ0v) is 9.89. The van der Waals surface area contributed by atoms with Crippen LogP contribution in [0.25, 0.3) is 11.0 Å². The van der Waals surface area contributed by atoms with Gasteiger partial charge in [-0.15, -0.1) is 0 Å². The Morgan fingerprint density at radius 2 is 2.07 bits per heavy atom. The first-order valence-corrected chi connectivity index (χ1v) is 5.50. The largest absolute Gasteiger partial charge is 0.342 e. The van der Waals surface area contributed by atoms with Crippen LogP contribution in [-0.2, 0) is 5.41 Å². The lowest BCUT2D eigenvalue weighted by molar-refractivity contribution is 0.479. The van der Waals surface area contributed by atoms with Gasteiger partial charge in [0.15, 0.2) is 0 Å². The second kappa shape index (κ2) is 3.37. The fourth-order valence-corrected chi connectivity index (χ4v) is 1.61. The second-order valence-corrected chi connectivity index (χ2v) is 4.84. The van der Waals surface area contributed by atoms with Crippen LogP contribution >= 0.6 is 0 Å². The topological polar surface area (TPSA) is 28.7 Å². The number of fused-ring (bicyclic) bond motifs is 1. The van der Waals surface area contributed by atoms with Gasteiger partial charge < -0.3 is 4.98 Å². The van der Waals surface area contributed by atoms with Crippen LogP contribution in [-0.4, -0.2) is 9.97 Å². The summed E-state index contributed by atoms with van der Waals surface area (Å²) in [6.07, 6.45) is 1.09. The molecule has 0 saturated heterocycles. The number of H-pyrrole nitrogens is 1. The summed E-state index contributed by atoms with van der Waals surface area (Å²) in [5.74, 6) is 1.09. The molecule has 1 aromatic heterocycles. The van der Waals surface area contributed by atoms with E-state index in [1.807, 2.05) is 0 Å². The van der Waals surface area contributed by atoms with Crippen molar-refractivity contribution in [3.63, 3.8) is 0 Å². The van der Waals surface area contributed by atoms with E-state index < -0.39 is 0 Å². The zero-order valence-electron chi connectivity index (χ0n) is 9.89. The van der Waals surface area contributed by atoms with Crippen molar-refractivity contribution >= 4 is 11.0 Å². The van der Waals surface area contributed by atoms with Crippen molar-refractivity contribution in [2.75, 3.05) is 0 Å². The van der Waals surface area contributed by atoms with Gasteiger partial charge in [0.2, 0.25) is 0 Å². The molecular formula is C13H18N2. The number of imidazole rings is 1. The Labute approximate surface area is 90.7 Å². The van der Waals surface area contributed by atoms with E-state index in [0.717, 1.165) is 23.3 Å². The van der Waals surface area contributed by atoms with Crippen LogP contribution < -0.4 is 0 Å². The molecule has 0 bridgehead atoms. The summed E-state index contributed by atoms with van der Waals surface area (Å²) in [6, 6.07) is 6.33. The van der Waals surface area contributed by atoms with Crippen molar-refractivity contribution in [2.45, 2.75) is 39.5 Å². The normalized spacial score (nSPS) is 12.3. The smallest absolute Gasteiger partial charge is 0.112 e. The van der Waals surface area contributed by atoms with E-state index in [1.54, 1.807) is 0 Å². The highest BCUT2D eigenvalue weighted by Crippen LogP contribution is 2.26. The van der Waals surface area contributed by atoms with Crippen LogP contribution in [0.1, 0.15) is 38.6 Å². The minimum Gasteiger partial charge on any atom is -0.342 e. The third-order valence-electron chi connectivity index (χ3n) is 3.16. The minimum absolute atomic E-state index is 0.132. The Bertz CT molecular complexity index is 480. The molecule has 0 fully saturated rings. The molecule has 1 heterocycles. The molecular weight excluding hydrogens is 184 g/mol. The summed E-state index contributed by atoms with van der Waals surface area (Å²) >= 11 is 0. The first kappa shape index (κ1) is 10.2. The third kappa shape index (κ3) is 1.76. The lowest BCUT2D eigenvalue weighted by atomic mass is 9.90. The highest BCUT2D eigenvalue weighted by Gasteiger charge is 2.21. The predicted molar refractivity (Wildman–Crippen MR) is 64.1 cm³/mol. The maximum absolute atomic E-state index is 4.64. The van der Waals surface area contributed by atoms with Gasteiger partial charge in [-0.05, 0) is 31.0 Å². The standard InChI is InChI=1S/C13H18N2/c1-5-13(3,4)12-14-10-7-6-9(2)8-11(10)15-12/h6-8H,5H2,1-4H3,(H,14,15). The highest BCUT2D eigenvalue weighted by molar-refractivity contribution is 5.76. The second-order valence-electron chi connectivity index (χ2n) is 4.84. The van der Waals surface area contributed by atoms with Crippen molar-refractivity contribution in [1.29, 1.82) is 0 Å². The van der Waals surface area contributed by atoms with Crippen LogP contribution in [0, 0.1) is 6.92 Å². The predicted octanol–water partition coefficient (Wildman–Crippen LogP) is 3.56. The van der Waals surface area contributed by atoms with Crippen LogP contribution in [0.5, 0.6) is 0 Å². The van der Waals surface area contributed by atoms with E-state index in [0.29, 0.717) is 0 Å². The van der Waals surface area contributed by atoms with E-state index in [1.165, 1.54) is 5.56 Å². The summed E-state index contributed by atoms with van der Waals surface area (Å²) < 4.78 is 0. The van der Waals surface area contributed by atoms with Crippen molar-refractivity contribution in [2.24, 2.45) is 0 Å². The molecule has 15 heavy (non-hydrogen) atoms. The van der Waals surface area contributed by atoms with Gasteiger partial charge in [-0.2, -0.15) is 0 Å². The molecule has 0 aliphatic heterocycles. The van der Waals surface area contributed by atoms with Gasteiger partial charge in [0.25, 0.3) is 0 Å². The zero-order chi connectivity index (χ0) is 11.1. The molecule has 0 unspecified atom stereocenters. The molecule has 0 saturated carbocycles. The summed E-state index contributed by atoms with van der Waals surface area (Å²) in [5, 5.41) is 0. The summed E-state index contributed by atoms with van der Waals surface area (Å²) in [5.41, 5.74) is 3.61. The number of aryl methyl sites for hydroxylation is 1. The molecule has 1 aromatic carbocycles. The number of aromatic nitrogens is 2. The molecule has 2 rings (SSSR count). The molecule has 0 atom stereocenters. The monoisotopic (exact) mass is 202 g/mol. The van der Waals surface area contributed by atoms with E-state index in [2.05, 4.69) is 55.9 Å². The Morgan fingerprint density at radius 3 is 2.73 bits per heavy atom. The van der Waals surface area contributed by atoms with Crippen LogP contribution in [0.4, 0.5) is 0 Å². The van der Waals surface area contributed by atoms with E-state index >= 15 is 0 Å². The van der Waals surface area contributed by atoms with Gasteiger partial charge in [0.05, 0.1) is 11.0 Å². The SMILES string of the molecule is CCC(C)(C)c1nc2ccc(C)cc2[nH]1. The molecule has 2 nitrogen and oxygen atoms in total. The number of aromatic amines is 1. The number of hydrogen-bond acceptors (Lipinski definition) is 1. The average Bonchev–Trinajstić information content (AvgIpc) is 2.61. The van der Waals surface area contributed by atoms with E-state index in [-0.39, 0.29) is 5.41 Å². The lowest BCUT2D eigenvalue weighted by Gasteiger charge is -2.18. The van der Waals surface area contributed by atoms with Gasteiger partial charge in [-0.1, -0.05) is 26.8 Å². The van der Waals surface area contributed by atoms with Crippen LogP contribution in [0.3, 0.4) is 0 Å². The Balaban J connectivity index is 2.56. The number of hydrogen-bond donors (Lipinski definition) is 1. The maximum Gasteiger partial charge on any atom is 0.112 e. The molecule has 0 aliphatic rings. The van der Waals surface area contributed by atoms with Crippen LogP contribution in [0.15, 0.2) is 18.2 Å². The molecule has 1 N–H and O–H groups in total. The van der Waals surface area contributed by atoms with Crippen molar-refractivity contribution in [3.05, 3.63) is 29.6 Å². The minimum atomic E-state index is 0.132. The first-order chi connectivity index (χ1) is 7.03. The number of nitrogens with one attached hydrogen (secondary N) is 1. The molecule has 0 radical (unpaired) electrons. The molecule has 2 heteroatoms. The van der Waals surface area contributed by atoms with Gasteiger partial charge >= 0.3 is 0 Å². The number of benzene rings is 1. The highest BCUT2D eigenvalue weighted by atomic mass is 14.9. The molecule has 0 aliphatic carbocycles. The van der Waals surface area contributed by atoms with Crippen molar-refractivity contribution < 1.29 is 0 Å². The molecule has 0 amide bonds. The van der Waals surface area contributed by atoms with Crippen LogP contribution in [0.2, 0.25) is 0 Å². The quantitative estimate of drug-likeness (QED) is 0.792. The van der Waals surface area contributed by atoms with Gasteiger partial charge in [-0.3, -0.25) is 0 Å². The maximum atomic E-state index is 4.64. The Hall–Kier alpha value is -1.31. The first-order valence-electron chi connectivity index (χ1n) is 5.50.